The van der Waals surface area contributed by atoms with Gasteiger partial charge in [-0.25, -0.2) is 4.68 Å². The molecule has 4 rings (SSSR count). The first kappa shape index (κ1) is 18.3. The highest BCUT2D eigenvalue weighted by Crippen LogP contribution is 2.30. The molecule has 1 aromatic heterocycles. The van der Waals surface area contributed by atoms with Crippen LogP contribution in [0, 0.1) is 0 Å². The van der Waals surface area contributed by atoms with Gasteiger partial charge in [-0.15, -0.1) is 5.10 Å². The van der Waals surface area contributed by atoms with Gasteiger partial charge in [0.15, 0.2) is 0 Å². The van der Waals surface area contributed by atoms with E-state index < -0.39 is 0 Å². The lowest BCUT2D eigenvalue weighted by molar-refractivity contribution is -0.128. The van der Waals surface area contributed by atoms with Gasteiger partial charge >= 0.3 is 0 Å². The monoisotopic (exact) mass is 386 g/mol. The molecule has 8 heteroatoms. The second kappa shape index (κ2) is 8.73. The summed E-state index contributed by atoms with van der Waals surface area (Å²) in [5.74, 6) is 0.573. The molecule has 2 aromatic rings. The number of para-hydroxylation sites is 1. The number of amides is 1. The Balaban J connectivity index is 1.28. The fourth-order valence-corrected chi connectivity index (χ4v) is 4.75. The molecule has 1 amide bonds. The van der Waals surface area contributed by atoms with Crippen molar-refractivity contribution in [1.82, 2.24) is 25.1 Å². The number of thioether (sulfide) groups is 1. The topological polar surface area (TPSA) is 67.2 Å². The van der Waals surface area contributed by atoms with Crippen LogP contribution in [0.1, 0.15) is 38.1 Å². The Labute approximate surface area is 164 Å². The summed E-state index contributed by atoms with van der Waals surface area (Å²) in [5, 5.41) is 12.9. The molecule has 2 fully saturated rings. The van der Waals surface area contributed by atoms with E-state index in [0.717, 1.165) is 44.2 Å². The van der Waals surface area contributed by atoms with E-state index in [1.54, 1.807) is 0 Å². The number of tetrazole rings is 1. The number of hydrogen-bond acceptors (Lipinski definition) is 6. The van der Waals surface area contributed by atoms with Crippen LogP contribution in [0.25, 0.3) is 0 Å². The maximum atomic E-state index is 12.6. The van der Waals surface area contributed by atoms with Gasteiger partial charge in [0.05, 0.1) is 11.8 Å². The van der Waals surface area contributed by atoms with E-state index in [2.05, 4.69) is 44.7 Å². The van der Waals surface area contributed by atoms with Crippen molar-refractivity contribution < 1.29 is 4.79 Å². The lowest BCUT2D eigenvalue weighted by Gasteiger charge is -2.36. The highest BCUT2D eigenvalue weighted by atomic mass is 32.2. The maximum Gasteiger partial charge on any atom is 0.233 e. The lowest BCUT2D eigenvalue weighted by Crippen LogP contribution is -2.49. The van der Waals surface area contributed by atoms with Crippen LogP contribution in [0.3, 0.4) is 0 Å². The predicted octanol–water partition coefficient (Wildman–Crippen LogP) is 2.62. The van der Waals surface area contributed by atoms with Gasteiger partial charge < -0.3 is 9.80 Å². The molecule has 2 heterocycles. The Bertz CT molecular complexity index is 738. The summed E-state index contributed by atoms with van der Waals surface area (Å²) in [6.07, 6.45) is 6.04. The van der Waals surface area contributed by atoms with Gasteiger partial charge in [-0.2, -0.15) is 0 Å². The Hall–Kier alpha value is -2.09. The van der Waals surface area contributed by atoms with E-state index in [9.17, 15) is 4.79 Å². The van der Waals surface area contributed by atoms with Crippen LogP contribution in [0.15, 0.2) is 35.5 Å². The summed E-state index contributed by atoms with van der Waals surface area (Å²) in [6.45, 7) is 3.28. The third-order valence-corrected chi connectivity index (χ3v) is 6.38. The van der Waals surface area contributed by atoms with Gasteiger partial charge in [-0.1, -0.05) is 49.2 Å². The lowest BCUT2D eigenvalue weighted by atomic mass is 9.96. The van der Waals surface area contributed by atoms with E-state index in [1.165, 1.54) is 36.7 Å². The molecule has 1 saturated heterocycles. The minimum Gasteiger partial charge on any atom is -0.368 e. The summed E-state index contributed by atoms with van der Waals surface area (Å²) in [5.41, 5.74) is 1.23. The number of anilines is 1. The summed E-state index contributed by atoms with van der Waals surface area (Å²) < 4.78 is 1.93. The normalized spacial score (nSPS) is 18.7. The summed E-state index contributed by atoms with van der Waals surface area (Å²) in [6, 6.07) is 10.8. The molecule has 1 saturated carbocycles. The SMILES string of the molecule is O=C(CSc1nnnn1C1CCCCC1)N1CCN(c2ccccc2)CC1. The second-order valence-electron chi connectivity index (χ2n) is 7.19. The van der Waals surface area contributed by atoms with Crippen LogP contribution in [0.2, 0.25) is 0 Å². The minimum atomic E-state index is 0.172. The first-order chi connectivity index (χ1) is 13.3. The fraction of sp³-hybridized carbons (Fsp3) is 0.579. The van der Waals surface area contributed by atoms with Gasteiger partial charge in [0.25, 0.3) is 0 Å². The Morgan fingerprint density at radius 3 is 2.52 bits per heavy atom. The van der Waals surface area contributed by atoms with Crippen molar-refractivity contribution in [3.63, 3.8) is 0 Å². The van der Waals surface area contributed by atoms with E-state index in [1.807, 2.05) is 15.6 Å². The van der Waals surface area contributed by atoms with Gasteiger partial charge in [-0.3, -0.25) is 4.79 Å². The molecule has 2 aliphatic rings. The average molecular weight is 387 g/mol. The summed E-state index contributed by atoms with van der Waals surface area (Å²) in [4.78, 5) is 16.9. The standard InChI is InChI=1S/C19H26N6OS/c26-18(24-13-11-23(12-14-24)16-7-3-1-4-8-16)15-27-19-20-21-22-25(19)17-9-5-2-6-10-17/h1,3-4,7-8,17H,2,5-6,9-15H2. The van der Waals surface area contributed by atoms with Crippen molar-refractivity contribution in [3.8, 4) is 0 Å². The molecule has 7 nitrogen and oxygen atoms in total. The second-order valence-corrected chi connectivity index (χ2v) is 8.13. The number of benzene rings is 1. The van der Waals surface area contributed by atoms with Crippen molar-refractivity contribution in [2.75, 3.05) is 36.8 Å². The van der Waals surface area contributed by atoms with Gasteiger partial charge in [0.1, 0.15) is 0 Å². The largest absolute Gasteiger partial charge is 0.368 e. The number of rotatable bonds is 5. The smallest absolute Gasteiger partial charge is 0.233 e. The quantitative estimate of drug-likeness (QED) is 0.736. The van der Waals surface area contributed by atoms with Crippen LogP contribution < -0.4 is 4.90 Å². The van der Waals surface area contributed by atoms with E-state index in [0.29, 0.717) is 11.8 Å². The molecular weight excluding hydrogens is 360 g/mol. The number of nitrogens with zero attached hydrogens (tertiary/aromatic N) is 6. The van der Waals surface area contributed by atoms with Crippen molar-refractivity contribution in [1.29, 1.82) is 0 Å². The molecule has 1 aliphatic carbocycles. The molecule has 1 aromatic carbocycles. The average Bonchev–Trinajstić information content (AvgIpc) is 3.22. The molecule has 1 aliphatic heterocycles. The zero-order valence-electron chi connectivity index (χ0n) is 15.5. The molecule has 0 atom stereocenters. The van der Waals surface area contributed by atoms with Crippen LogP contribution in [-0.4, -0.2) is 62.9 Å². The number of aromatic nitrogens is 4. The molecule has 0 spiro atoms. The maximum absolute atomic E-state index is 12.6. The van der Waals surface area contributed by atoms with Gasteiger partial charge in [-0.05, 0) is 35.4 Å². The van der Waals surface area contributed by atoms with Crippen LogP contribution in [0.5, 0.6) is 0 Å². The van der Waals surface area contributed by atoms with Crippen LogP contribution >= 0.6 is 11.8 Å². The number of hydrogen-bond donors (Lipinski definition) is 0. The molecule has 144 valence electrons. The Kier molecular flexibility index (Phi) is 5.91. The van der Waals surface area contributed by atoms with Crippen molar-refractivity contribution in [2.45, 2.75) is 43.3 Å². The third-order valence-electron chi connectivity index (χ3n) is 5.46. The first-order valence-electron chi connectivity index (χ1n) is 9.80. The number of carbonyl (C=O) groups is 1. The Morgan fingerprint density at radius 2 is 1.78 bits per heavy atom. The van der Waals surface area contributed by atoms with Crippen molar-refractivity contribution in [3.05, 3.63) is 30.3 Å². The van der Waals surface area contributed by atoms with Crippen molar-refractivity contribution in [2.24, 2.45) is 0 Å². The van der Waals surface area contributed by atoms with E-state index >= 15 is 0 Å². The molecular formula is C19H26N6OS. The predicted molar refractivity (Wildman–Crippen MR) is 106 cm³/mol. The van der Waals surface area contributed by atoms with Crippen LogP contribution in [0.4, 0.5) is 5.69 Å². The summed E-state index contributed by atoms with van der Waals surface area (Å²) in [7, 11) is 0. The fourth-order valence-electron chi connectivity index (χ4n) is 3.91. The molecule has 27 heavy (non-hydrogen) atoms. The molecule has 0 N–H and O–H groups in total. The highest BCUT2D eigenvalue weighted by Gasteiger charge is 2.24. The van der Waals surface area contributed by atoms with E-state index in [4.69, 9.17) is 0 Å². The number of carbonyl (C=O) groups excluding carboxylic acids is 1. The first-order valence-corrected chi connectivity index (χ1v) is 10.8. The van der Waals surface area contributed by atoms with Crippen LogP contribution in [-0.2, 0) is 4.79 Å². The zero-order valence-corrected chi connectivity index (χ0v) is 16.4. The highest BCUT2D eigenvalue weighted by molar-refractivity contribution is 7.99. The Morgan fingerprint density at radius 1 is 1.04 bits per heavy atom. The number of piperazine rings is 1. The molecule has 0 radical (unpaired) electrons. The third kappa shape index (κ3) is 4.43. The molecule has 0 unspecified atom stereocenters. The van der Waals surface area contributed by atoms with Gasteiger partial charge in [0, 0.05) is 31.9 Å². The van der Waals surface area contributed by atoms with Crippen molar-refractivity contribution >= 4 is 23.4 Å². The van der Waals surface area contributed by atoms with Gasteiger partial charge in [0.2, 0.25) is 11.1 Å². The summed E-state index contributed by atoms with van der Waals surface area (Å²) >= 11 is 1.47. The molecule has 0 bridgehead atoms. The zero-order chi connectivity index (χ0) is 18.5. The van der Waals surface area contributed by atoms with E-state index in [-0.39, 0.29) is 5.91 Å². The minimum absolute atomic E-state index is 0.172.